The molecule has 1 aromatic carbocycles. The molecule has 54 heavy (non-hydrogen) atoms. The molecule has 5 atom stereocenters. The van der Waals surface area contributed by atoms with E-state index in [9.17, 15) is 32.0 Å². The number of carbonyl (C=O) groups is 4. The molecule has 288 valence electrons. The van der Waals surface area contributed by atoms with Gasteiger partial charge in [0.2, 0.25) is 27.7 Å². The fraction of sp³-hybridized carbons (Fsp3) is 0.541. The Balaban J connectivity index is 1.21. The fourth-order valence-electron chi connectivity index (χ4n) is 7.26. The number of nitrogens with zero attached hydrogens (tertiary/aromatic N) is 5. The van der Waals surface area contributed by atoms with Gasteiger partial charge in [0.05, 0.1) is 16.8 Å². The average molecular weight is 765 g/mol. The van der Waals surface area contributed by atoms with Crippen molar-refractivity contribution in [1.82, 2.24) is 40.0 Å². The van der Waals surface area contributed by atoms with Gasteiger partial charge in [-0.2, -0.15) is 5.10 Å². The van der Waals surface area contributed by atoms with Crippen molar-refractivity contribution in [3.05, 3.63) is 59.8 Å². The first-order valence-corrected chi connectivity index (χ1v) is 20.0. The van der Waals surface area contributed by atoms with Crippen molar-refractivity contribution in [2.45, 2.75) is 107 Å². The molecule has 3 N–H and O–H groups in total. The number of hydrogen-bond donors (Lipinski definition) is 3. The lowest BCUT2D eigenvalue weighted by Crippen LogP contribution is -2.58. The molecule has 15 nitrogen and oxygen atoms in total. The molecule has 2 aliphatic carbocycles. The number of benzene rings is 1. The predicted octanol–water partition coefficient (Wildman–Crippen LogP) is 2.61. The van der Waals surface area contributed by atoms with Crippen molar-refractivity contribution in [1.29, 1.82) is 0 Å². The molecule has 4 heterocycles. The van der Waals surface area contributed by atoms with Crippen LogP contribution in [0.25, 0.3) is 11.0 Å². The van der Waals surface area contributed by atoms with Crippen LogP contribution in [0.1, 0.15) is 87.8 Å². The molecule has 2 saturated carbocycles. The maximum absolute atomic E-state index is 14.8. The molecule has 3 aromatic rings. The van der Waals surface area contributed by atoms with Gasteiger partial charge in [-0.1, -0.05) is 38.0 Å². The number of hydrogen-bond acceptors (Lipinski definition) is 10. The lowest BCUT2D eigenvalue weighted by Gasteiger charge is -2.30. The van der Waals surface area contributed by atoms with E-state index >= 15 is 0 Å². The highest BCUT2D eigenvalue weighted by Crippen LogP contribution is 2.47. The van der Waals surface area contributed by atoms with E-state index in [2.05, 4.69) is 30.4 Å². The molecule has 4 aliphatic rings. The Morgan fingerprint density at radius 2 is 1.93 bits per heavy atom. The van der Waals surface area contributed by atoms with Crippen molar-refractivity contribution in [2.24, 2.45) is 13.0 Å². The van der Waals surface area contributed by atoms with Gasteiger partial charge in [0.1, 0.15) is 40.6 Å². The third-order valence-corrected chi connectivity index (χ3v) is 13.2. The Labute approximate surface area is 312 Å². The van der Waals surface area contributed by atoms with Crippen LogP contribution in [0.3, 0.4) is 0 Å². The third-order valence-electron chi connectivity index (χ3n) is 11.0. The maximum atomic E-state index is 14.8. The highest BCUT2D eigenvalue weighted by Gasteiger charge is 2.63. The second kappa shape index (κ2) is 14.4. The first-order valence-electron chi connectivity index (χ1n) is 18.5. The SMILES string of the molecule is CCc1nc2cccc(F)c2nc1O[C@@H]1C[C@H]2C(=O)N[C@]3(C(=O)NS(=O)(=O)C4(C)CC4)C[C@H]3/C=C\CCCCC[C@H](NC(=O)c3ccn(C)n3)C(=O)N2C1. The van der Waals surface area contributed by atoms with Gasteiger partial charge in [0.15, 0.2) is 5.82 Å². The molecule has 2 aromatic heterocycles. The summed E-state index contributed by atoms with van der Waals surface area (Å²) in [7, 11) is -2.34. The zero-order valence-corrected chi connectivity index (χ0v) is 31.3. The summed E-state index contributed by atoms with van der Waals surface area (Å²) < 4.78 is 50.0. The smallest absolute Gasteiger partial charge is 0.272 e. The van der Waals surface area contributed by atoms with Gasteiger partial charge < -0.3 is 20.3 Å². The highest BCUT2D eigenvalue weighted by atomic mass is 32.2. The summed E-state index contributed by atoms with van der Waals surface area (Å²) >= 11 is 0. The fourth-order valence-corrected chi connectivity index (χ4v) is 8.57. The number of sulfonamides is 1. The van der Waals surface area contributed by atoms with E-state index in [0.717, 1.165) is 12.8 Å². The molecule has 0 bridgehead atoms. The number of rotatable bonds is 8. The van der Waals surface area contributed by atoms with Crippen LogP contribution in [-0.2, 0) is 37.9 Å². The van der Waals surface area contributed by atoms with Crippen LogP contribution in [0.5, 0.6) is 5.88 Å². The minimum Gasteiger partial charge on any atom is -0.471 e. The number of aromatic nitrogens is 4. The van der Waals surface area contributed by atoms with Crippen LogP contribution in [0.4, 0.5) is 4.39 Å². The summed E-state index contributed by atoms with van der Waals surface area (Å²) in [5, 5.41) is 9.85. The van der Waals surface area contributed by atoms with Crippen LogP contribution >= 0.6 is 0 Å². The average Bonchev–Trinajstić information content (AvgIpc) is 3.94. The Morgan fingerprint density at radius 3 is 2.65 bits per heavy atom. The summed E-state index contributed by atoms with van der Waals surface area (Å²) in [6.45, 7) is 3.33. The number of amides is 4. The molecule has 7 rings (SSSR count). The van der Waals surface area contributed by atoms with E-state index in [0.29, 0.717) is 49.7 Å². The largest absolute Gasteiger partial charge is 0.471 e. The molecular formula is C37H45FN8O7S. The lowest BCUT2D eigenvalue weighted by molar-refractivity contribution is -0.141. The quantitative estimate of drug-likeness (QED) is 0.287. The highest BCUT2D eigenvalue weighted by molar-refractivity contribution is 7.91. The van der Waals surface area contributed by atoms with Crippen LogP contribution in [0.2, 0.25) is 0 Å². The summed E-state index contributed by atoms with van der Waals surface area (Å²) in [4.78, 5) is 66.4. The minimum atomic E-state index is -4.01. The first-order chi connectivity index (χ1) is 25.7. The van der Waals surface area contributed by atoms with Crippen LogP contribution < -0.4 is 20.1 Å². The molecule has 1 saturated heterocycles. The van der Waals surface area contributed by atoms with Gasteiger partial charge in [-0.15, -0.1) is 0 Å². The monoisotopic (exact) mass is 764 g/mol. The maximum Gasteiger partial charge on any atom is 0.272 e. The van der Waals surface area contributed by atoms with Crippen molar-refractivity contribution >= 4 is 44.7 Å². The normalized spacial score (nSPS) is 27.4. The Morgan fingerprint density at radius 1 is 1.13 bits per heavy atom. The van der Waals surface area contributed by atoms with E-state index in [4.69, 9.17) is 4.74 Å². The van der Waals surface area contributed by atoms with Gasteiger partial charge in [0.25, 0.3) is 11.8 Å². The minimum absolute atomic E-state index is 0.0134. The molecular weight excluding hydrogens is 720 g/mol. The van der Waals surface area contributed by atoms with E-state index in [1.54, 1.807) is 26.2 Å². The number of ether oxygens (including phenoxy) is 1. The zero-order valence-electron chi connectivity index (χ0n) is 30.5. The standard InChI is InChI=1S/C37H45FN8O7S/c1-4-25-33(41-30-24(38)12-10-14-26(30)39-25)53-23-19-29-32(48)42-37(35(50)44-54(51,52)36(2)16-17-36)20-22(37)11-8-6-5-7-9-13-28(34(49)46(29)21-23)40-31(47)27-15-18-45(3)43-27/h8,10-12,14-15,18,22-23,28-29H,4-7,9,13,16-17,19-21H2,1-3H3,(H,40,47)(H,42,48)(H,44,50)/b11-8-/t22-,23-,28+,29+,37-/m1/s1. The molecule has 0 spiro atoms. The number of aryl methyl sites for hydroxylation is 2. The summed E-state index contributed by atoms with van der Waals surface area (Å²) in [6, 6.07) is 3.79. The van der Waals surface area contributed by atoms with Gasteiger partial charge in [-0.05, 0) is 70.1 Å². The number of fused-ring (bicyclic) bond motifs is 3. The topological polar surface area (TPSA) is 195 Å². The Bertz CT molecular complexity index is 2140. The molecule has 4 amide bonds. The molecule has 2 aliphatic heterocycles. The summed E-state index contributed by atoms with van der Waals surface area (Å²) in [5.41, 5.74) is -0.598. The number of nitrogens with one attached hydrogen (secondary N) is 3. The molecule has 0 unspecified atom stereocenters. The van der Waals surface area contributed by atoms with E-state index in [1.165, 1.54) is 27.8 Å². The van der Waals surface area contributed by atoms with Crippen molar-refractivity contribution in [3.63, 3.8) is 0 Å². The Hall–Kier alpha value is -4.93. The van der Waals surface area contributed by atoms with E-state index < -0.39 is 73.9 Å². The van der Waals surface area contributed by atoms with E-state index in [1.807, 2.05) is 19.1 Å². The van der Waals surface area contributed by atoms with Gasteiger partial charge in [-0.25, -0.2) is 22.8 Å². The van der Waals surface area contributed by atoms with Gasteiger partial charge in [-0.3, -0.25) is 28.6 Å². The third kappa shape index (κ3) is 7.29. The molecule has 17 heteroatoms. The second-order valence-corrected chi connectivity index (χ2v) is 17.2. The first kappa shape index (κ1) is 37.4. The zero-order chi connectivity index (χ0) is 38.4. The number of para-hydroxylation sites is 1. The predicted molar refractivity (Wildman–Crippen MR) is 194 cm³/mol. The van der Waals surface area contributed by atoms with Crippen LogP contribution in [0, 0.1) is 11.7 Å². The molecule has 0 radical (unpaired) electrons. The lowest BCUT2D eigenvalue weighted by atomic mass is 10.0. The second-order valence-electron chi connectivity index (χ2n) is 15.0. The van der Waals surface area contributed by atoms with Crippen molar-refractivity contribution < 1.29 is 36.7 Å². The van der Waals surface area contributed by atoms with Gasteiger partial charge >= 0.3 is 0 Å². The number of carbonyl (C=O) groups excluding carboxylic acids is 4. The Kier molecular flexibility index (Phi) is 9.95. The summed E-state index contributed by atoms with van der Waals surface area (Å²) in [6.07, 6.45) is 9.04. The van der Waals surface area contributed by atoms with Crippen molar-refractivity contribution in [3.8, 4) is 5.88 Å². The summed E-state index contributed by atoms with van der Waals surface area (Å²) in [5.74, 6) is -3.56. The van der Waals surface area contributed by atoms with Crippen LogP contribution in [0.15, 0.2) is 42.6 Å². The number of halogens is 1. The van der Waals surface area contributed by atoms with Crippen molar-refractivity contribution in [2.75, 3.05) is 6.54 Å². The van der Waals surface area contributed by atoms with E-state index in [-0.39, 0.29) is 36.5 Å². The molecule has 3 fully saturated rings. The number of allylic oxidation sites excluding steroid dienone is 1. The van der Waals surface area contributed by atoms with Gasteiger partial charge in [0, 0.05) is 25.6 Å². The van der Waals surface area contributed by atoms with Crippen LogP contribution in [-0.4, -0.2) is 91.7 Å².